The van der Waals surface area contributed by atoms with E-state index in [1.165, 1.54) is 20.0 Å². The second-order valence-electron chi connectivity index (χ2n) is 5.33. The molecule has 0 spiro atoms. The number of halogens is 1. The molecule has 112 valence electrons. The van der Waals surface area contributed by atoms with Crippen molar-refractivity contribution < 1.29 is 13.9 Å². The molecule has 2 rings (SSSR count). The second-order valence-corrected chi connectivity index (χ2v) is 5.33. The lowest BCUT2D eigenvalue weighted by Gasteiger charge is -2.27. The van der Waals surface area contributed by atoms with E-state index in [1.807, 2.05) is 20.0 Å². The number of rotatable bonds is 8. The van der Waals surface area contributed by atoms with Gasteiger partial charge >= 0.3 is 0 Å². The van der Waals surface area contributed by atoms with Crippen LogP contribution < -0.4 is 10.1 Å². The van der Waals surface area contributed by atoms with E-state index in [1.54, 1.807) is 12.1 Å². The van der Waals surface area contributed by atoms with Gasteiger partial charge in [-0.1, -0.05) is 6.07 Å². The van der Waals surface area contributed by atoms with Crippen LogP contribution in [0.2, 0.25) is 0 Å². The van der Waals surface area contributed by atoms with Gasteiger partial charge in [-0.25, -0.2) is 4.39 Å². The first kappa shape index (κ1) is 15.3. The van der Waals surface area contributed by atoms with Crippen molar-refractivity contribution in [2.45, 2.75) is 38.3 Å². The Bertz CT molecular complexity index is 434. The summed E-state index contributed by atoms with van der Waals surface area (Å²) >= 11 is 0. The lowest BCUT2D eigenvalue weighted by molar-refractivity contribution is 0.0211. The van der Waals surface area contributed by atoms with Crippen LogP contribution in [0.3, 0.4) is 0 Å². The van der Waals surface area contributed by atoms with Gasteiger partial charge in [0.25, 0.3) is 0 Å². The molecule has 0 radical (unpaired) electrons. The summed E-state index contributed by atoms with van der Waals surface area (Å²) in [6.45, 7) is 2.74. The number of methoxy groups -OCH3 is 1. The Morgan fingerprint density at radius 2 is 2.15 bits per heavy atom. The number of hydrogen-bond donors (Lipinski definition) is 1. The summed E-state index contributed by atoms with van der Waals surface area (Å²) < 4.78 is 24.6. The number of hydrogen-bond acceptors (Lipinski definition) is 3. The molecular formula is C16H24FNO2. The minimum Gasteiger partial charge on any atom is -0.494 e. The molecule has 0 saturated heterocycles. The van der Waals surface area contributed by atoms with E-state index >= 15 is 0 Å². The molecule has 0 aromatic heterocycles. The maximum absolute atomic E-state index is 13.7. The summed E-state index contributed by atoms with van der Waals surface area (Å²) in [5, 5.41) is 3.33. The topological polar surface area (TPSA) is 30.5 Å². The summed E-state index contributed by atoms with van der Waals surface area (Å²) in [4.78, 5) is 0. The maximum atomic E-state index is 13.7. The minimum absolute atomic E-state index is 0.218. The van der Waals surface area contributed by atoms with Gasteiger partial charge in [-0.05, 0) is 56.8 Å². The molecule has 20 heavy (non-hydrogen) atoms. The average Bonchev–Trinajstić information content (AvgIpc) is 3.27. The van der Waals surface area contributed by atoms with Crippen molar-refractivity contribution in [2.24, 2.45) is 5.92 Å². The summed E-state index contributed by atoms with van der Waals surface area (Å²) in [6, 6.07) is 5.38. The van der Waals surface area contributed by atoms with Crippen molar-refractivity contribution in [1.82, 2.24) is 5.32 Å². The van der Waals surface area contributed by atoms with Gasteiger partial charge in [0.05, 0.1) is 13.2 Å². The van der Waals surface area contributed by atoms with Crippen molar-refractivity contribution in [1.29, 1.82) is 0 Å². The predicted octanol–water partition coefficient (Wildman–Crippen LogP) is 2.78. The van der Waals surface area contributed by atoms with E-state index in [2.05, 4.69) is 5.32 Å². The fourth-order valence-corrected chi connectivity index (χ4v) is 2.67. The molecule has 1 fully saturated rings. The van der Waals surface area contributed by atoms with Crippen LogP contribution >= 0.6 is 0 Å². The molecule has 2 unspecified atom stereocenters. The van der Waals surface area contributed by atoms with Gasteiger partial charge in [0, 0.05) is 12.6 Å². The Balaban J connectivity index is 2.06. The minimum atomic E-state index is -0.306. The smallest absolute Gasteiger partial charge is 0.165 e. The molecule has 1 aliphatic rings. The zero-order valence-corrected chi connectivity index (χ0v) is 12.5. The quantitative estimate of drug-likeness (QED) is 0.795. The third-order valence-corrected chi connectivity index (χ3v) is 3.88. The number of nitrogens with one attached hydrogen (secondary N) is 1. The Kier molecular flexibility index (Phi) is 5.38. The third kappa shape index (κ3) is 3.70. The van der Waals surface area contributed by atoms with Crippen LogP contribution in [0.15, 0.2) is 18.2 Å². The molecule has 0 heterocycles. The highest BCUT2D eigenvalue weighted by molar-refractivity contribution is 5.30. The van der Waals surface area contributed by atoms with Gasteiger partial charge in [0.2, 0.25) is 0 Å². The molecule has 4 heteroatoms. The summed E-state index contributed by atoms with van der Waals surface area (Å²) in [6.07, 6.45) is 3.45. The van der Waals surface area contributed by atoms with Gasteiger partial charge in [-0.2, -0.15) is 0 Å². The van der Waals surface area contributed by atoms with Crippen molar-refractivity contribution in [3.63, 3.8) is 0 Å². The standard InChI is InChI=1S/C16H24FNO2/c1-4-20-16(12-6-7-12)14(18-2)10-11-5-8-15(19-3)13(17)9-11/h5,8-9,12,14,16,18H,4,6-7,10H2,1-3H3. The molecule has 1 saturated carbocycles. The lowest BCUT2D eigenvalue weighted by atomic mass is 9.98. The Hall–Kier alpha value is -1.13. The van der Waals surface area contributed by atoms with E-state index < -0.39 is 0 Å². The van der Waals surface area contributed by atoms with Crippen LogP contribution in [-0.4, -0.2) is 32.9 Å². The van der Waals surface area contributed by atoms with E-state index in [0.29, 0.717) is 11.7 Å². The average molecular weight is 281 g/mol. The molecule has 1 N–H and O–H groups in total. The molecular weight excluding hydrogens is 257 g/mol. The molecule has 1 aliphatic carbocycles. The SMILES string of the molecule is CCOC(C1CC1)C(Cc1ccc(OC)c(F)c1)NC. The highest BCUT2D eigenvalue weighted by atomic mass is 19.1. The van der Waals surface area contributed by atoms with Crippen molar-refractivity contribution in [3.05, 3.63) is 29.6 Å². The molecule has 0 amide bonds. The summed E-state index contributed by atoms with van der Waals surface area (Å²) in [7, 11) is 3.42. The van der Waals surface area contributed by atoms with Crippen LogP contribution in [0.1, 0.15) is 25.3 Å². The van der Waals surface area contributed by atoms with Gasteiger partial charge in [0.15, 0.2) is 11.6 Å². The zero-order valence-electron chi connectivity index (χ0n) is 12.5. The molecule has 2 atom stereocenters. The van der Waals surface area contributed by atoms with E-state index in [-0.39, 0.29) is 18.0 Å². The molecule has 0 aliphatic heterocycles. The summed E-state index contributed by atoms with van der Waals surface area (Å²) in [5.41, 5.74) is 0.966. The Morgan fingerprint density at radius 3 is 2.65 bits per heavy atom. The normalized spacial score (nSPS) is 17.8. The van der Waals surface area contributed by atoms with Crippen molar-refractivity contribution >= 4 is 0 Å². The van der Waals surface area contributed by atoms with Gasteiger partial charge in [0.1, 0.15) is 0 Å². The fraction of sp³-hybridized carbons (Fsp3) is 0.625. The van der Waals surface area contributed by atoms with Crippen LogP contribution in [-0.2, 0) is 11.2 Å². The number of likely N-dealkylation sites (N-methyl/N-ethyl adjacent to an activating group) is 1. The van der Waals surface area contributed by atoms with Crippen LogP contribution in [0.4, 0.5) is 4.39 Å². The Labute approximate surface area is 120 Å². The second kappa shape index (κ2) is 7.04. The number of ether oxygens (including phenoxy) is 2. The van der Waals surface area contributed by atoms with E-state index in [0.717, 1.165) is 18.6 Å². The van der Waals surface area contributed by atoms with Gasteiger partial charge in [-0.15, -0.1) is 0 Å². The first-order valence-electron chi connectivity index (χ1n) is 7.30. The van der Waals surface area contributed by atoms with Gasteiger partial charge in [-0.3, -0.25) is 0 Å². The van der Waals surface area contributed by atoms with Gasteiger partial charge < -0.3 is 14.8 Å². The molecule has 3 nitrogen and oxygen atoms in total. The van der Waals surface area contributed by atoms with Crippen molar-refractivity contribution in [2.75, 3.05) is 20.8 Å². The van der Waals surface area contributed by atoms with Crippen LogP contribution in [0.25, 0.3) is 0 Å². The third-order valence-electron chi connectivity index (χ3n) is 3.88. The van der Waals surface area contributed by atoms with E-state index in [9.17, 15) is 4.39 Å². The highest BCUT2D eigenvalue weighted by Crippen LogP contribution is 2.36. The Morgan fingerprint density at radius 1 is 1.40 bits per heavy atom. The molecule has 1 aromatic rings. The van der Waals surface area contributed by atoms with Crippen molar-refractivity contribution in [3.8, 4) is 5.75 Å². The monoisotopic (exact) mass is 281 g/mol. The molecule has 0 bridgehead atoms. The zero-order chi connectivity index (χ0) is 14.5. The largest absolute Gasteiger partial charge is 0.494 e. The molecule has 1 aromatic carbocycles. The highest BCUT2D eigenvalue weighted by Gasteiger charge is 2.36. The van der Waals surface area contributed by atoms with Crippen LogP contribution in [0.5, 0.6) is 5.75 Å². The first-order chi connectivity index (χ1) is 9.69. The first-order valence-corrected chi connectivity index (χ1v) is 7.30. The summed E-state index contributed by atoms with van der Waals surface area (Å²) in [5.74, 6) is 0.632. The number of benzene rings is 1. The lowest BCUT2D eigenvalue weighted by Crippen LogP contribution is -2.42. The van der Waals surface area contributed by atoms with E-state index in [4.69, 9.17) is 9.47 Å². The van der Waals surface area contributed by atoms with Crippen LogP contribution in [0, 0.1) is 11.7 Å². The predicted molar refractivity (Wildman–Crippen MR) is 77.6 cm³/mol. The maximum Gasteiger partial charge on any atom is 0.165 e. The fourth-order valence-electron chi connectivity index (χ4n) is 2.67.